The molecule has 1 amide bonds. The van der Waals surface area contributed by atoms with Crippen LogP contribution in [0.1, 0.15) is 24.0 Å². The number of hydrogen-bond acceptors (Lipinski definition) is 4. The van der Waals surface area contributed by atoms with E-state index in [1.54, 1.807) is 0 Å². The molecule has 1 heterocycles. The first-order valence-electron chi connectivity index (χ1n) is 10.3. The van der Waals surface area contributed by atoms with Crippen molar-refractivity contribution < 1.29 is 9.53 Å². The maximum Gasteiger partial charge on any atom is 0.238 e. The first kappa shape index (κ1) is 19.0. The lowest BCUT2D eigenvalue weighted by Crippen LogP contribution is -2.57. The number of benzene rings is 2. The standard InChI is InChI=1S/C23H29N3O2/c27-23(25-20-8-9-20)22-17-26(14-13-24-22)16-19-6-10-21(11-7-19)28-15-12-18-4-2-1-3-5-18/h1-7,10-11,20,22,24H,8-9,12-17H2,(H,25,27)/t22-/m0/s1. The van der Waals surface area contributed by atoms with Crippen LogP contribution in [0.2, 0.25) is 0 Å². The largest absolute Gasteiger partial charge is 0.493 e. The summed E-state index contributed by atoms with van der Waals surface area (Å²) in [5, 5.41) is 6.44. The molecule has 1 aliphatic heterocycles. The third-order valence-electron chi connectivity index (χ3n) is 5.33. The van der Waals surface area contributed by atoms with Crippen LogP contribution in [-0.4, -0.2) is 49.1 Å². The molecule has 0 radical (unpaired) electrons. The van der Waals surface area contributed by atoms with E-state index in [2.05, 4.69) is 51.9 Å². The molecule has 4 rings (SSSR count). The molecule has 1 saturated carbocycles. The fourth-order valence-electron chi connectivity index (χ4n) is 3.54. The highest BCUT2D eigenvalue weighted by Gasteiger charge is 2.30. The topological polar surface area (TPSA) is 53.6 Å². The Kier molecular flexibility index (Phi) is 6.24. The van der Waals surface area contributed by atoms with Gasteiger partial charge in [0.2, 0.25) is 5.91 Å². The molecule has 5 heteroatoms. The van der Waals surface area contributed by atoms with E-state index in [-0.39, 0.29) is 11.9 Å². The Balaban J connectivity index is 1.22. The normalized spacial score (nSPS) is 19.9. The van der Waals surface area contributed by atoms with Crippen molar-refractivity contribution in [2.24, 2.45) is 0 Å². The van der Waals surface area contributed by atoms with Crippen molar-refractivity contribution in [1.29, 1.82) is 0 Å². The maximum atomic E-state index is 12.3. The van der Waals surface area contributed by atoms with E-state index < -0.39 is 0 Å². The number of amides is 1. The minimum absolute atomic E-state index is 0.102. The van der Waals surface area contributed by atoms with Crippen LogP contribution in [0.15, 0.2) is 54.6 Å². The van der Waals surface area contributed by atoms with E-state index in [9.17, 15) is 4.79 Å². The van der Waals surface area contributed by atoms with Gasteiger partial charge in [-0.1, -0.05) is 42.5 Å². The molecule has 2 fully saturated rings. The molecule has 2 aromatic carbocycles. The molecule has 28 heavy (non-hydrogen) atoms. The van der Waals surface area contributed by atoms with Crippen LogP contribution < -0.4 is 15.4 Å². The number of carbonyl (C=O) groups is 1. The van der Waals surface area contributed by atoms with Gasteiger partial charge in [0.1, 0.15) is 5.75 Å². The molecule has 2 aliphatic rings. The summed E-state index contributed by atoms with van der Waals surface area (Å²) in [7, 11) is 0. The second-order valence-electron chi connectivity index (χ2n) is 7.75. The molecule has 1 saturated heterocycles. The van der Waals surface area contributed by atoms with E-state index in [4.69, 9.17) is 4.74 Å². The highest BCUT2D eigenvalue weighted by molar-refractivity contribution is 5.82. The van der Waals surface area contributed by atoms with Gasteiger partial charge in [0, 0.05) is 38.6 Å². The fourth-order valence-corrected chi connectivity index (χ4v) is 3.54. The summed E-state index contributed by atoms with van der Waals surface area (Å²) in [5.41, 5.74) is 2.54. The highest BCUT2D eigenvalue weighted by atomic mass is 16.5. The van der Waals surface area contributed by atoms with Gasteiger partial charge in [0.25, 0.3) is 0 Å². The molecule has 0 spiro atoms. The zero-order valence-corrected chi connectivity index (χ0v) is 16.3. The van der Waals surface area contributed by atoms with E-state index in [0.717, 1.165) is 51.2 Å². The van der Waals surface area contributed by atoms with E-state index in [0.29, 0.717) is 12.6 Å². The second-order valence-corrected chi connectivity index (χ2v) is 7.75. The van der Waals surface area contributed by atoms with Crippen molar-refractivity contribution in [1.82, 2.24) is 15.5 Å². The number of ether oxygens (including phenoxy) is 1. The Bertz CT molecular complexity index is 759. The summed E-state index contributed by atoms with van der Waals surface area (Å²) < 4.78 is 5.87. The lowest BCUT2D eigenvalue weighted by atomic mass is 10.1. The van der Waals surface area contributed by atoms with Gasteiger partial charge < -0.3 is 15.4 Å². The third kappa shape index (κ3) is 5.57. The first-order chi connectivity index (χ1) is 13.8. The van der Waals surface area contributed by atoms with E-state index >= 15 is 0 Å². The van der Waals surface area contributed by atoms with Gasteiger partial charge in [-0.05, 0) is 36.1 Å². The Morgan fingerprint density at radius 3 is 2.61 bits per heavy atom. The number of carbonyl (C=O) groups excluding carboxylic acids is 1. The summed E-state index contributed by atoms with van der Waals surface area (Å²) in [5.74, 6) is 1.05. The molecule has 0 aromatic heterocycles. The smallest absolute Gasteiger partial charge is 0.238 e. The first-order valence-corrected chi connectivity index (χ1v) is 10.3. The number of nitrogens with one attached hydrogen (secondary N) is 2. The number of piperazine rings is 1. The number of nitrogens with zero attached hydrogens (tertiary/aromatic N) is 1. The van der Waals surface area contributed by atoms with Gasteiger partial charge in [-0.25, -0.2) is 0 Å². The SMILES string of the molecule is O=C(NC1CC1)[C@@H]1CN(Cc2ccc(OCCc3ccccc3)cc2)CCN1. The van der Waals surface area contributed by atoms with Crippen molar-refractivity contribution in [3.05, 3.63) is 65.7 Å². The lowest BCUT2D eigenvalue weighted by molar-refractivity contribution is -0.124. The Morgan fingerprint density at radius 2 is 1.86 bits per heavy atom. The minimum atomic E-state index is -0.102. The molecule has 1 aliphatic carbocycles. The van der Waals surface area contributed by atoms with Gasteiger partial charge in [0.15, 0.2) is 0 Å². The lowest BCUT2D eigenvalue weighted by Gasteiger charge is -2.33. The predicted molar refractivity (Wildman–Crippen MR) is 110 cm³/mol. The van der Waals surface area contributed by atoms with Crippen molar-refractivity contribution in [2.45, 2.75) is 37.9 Å². The minimum Gasteiger partial charge on any atom is -0.493 e. The summed E-state index contributed by atoms with van der Waals surface area (Å²) in [6, 6.07) is 19.0. The molecular formula is C23H29N3O2. The van der Waals surface area contributed by atoms with Gasteiger partial charge in [-0.3, -0.25) is 9.69 Å². The van der Waals surface area contributed by atoms with Crippen LogP contribution in [0.3, 0.4) is 0 Å². The van der Waals surface area contributed by atoms with Crippen LogP contribution in [0.25, 0.3) is 0 Å². The summed E-state index contributed by atoms with van der Waals surface area (Å²) >= 11 is 0. The molecule has 2 aromatic rings. The van der Waals surface area contributed by atoms with Gasteiger partial charge in [0.05, 0.1) is 12.6 Å². The summed E-state index contributed by atoms with van der Waals surface area (Å²) in [6.45, 7) is 4.11. The van der Waals surface area contributed by atoms with E-state index in [1.165, 1.54) is 11.1 Å². The molecule has 148 valence electrons. The van der Waals surface area contributed by atoms with E-state index in [1.807, 2.05) is 18.2 Å². The summed E-state index contributed by atoms with van der Waals surface area (Å²) in [6.07, 6.45) is 3.16. The van der Waals surface area contributed by atoms with Crippen LogP contribution in [0.5, 0.6) is 5.75 Å². The van der Waals surface area contributed by atoms with Crippen molar-refractivity contribution in [3.8, 4) is 5.75 Å². The van der Waals surface area contributed by atoms with Gasteiger partial charge in [-0.15, -0.1) is 0 Å². The van der Waals surface area contributed by atoms with Crippen LogP contribution >= 0.6 is 0 Å². The maximum absolute atomic E-state index is 12.3. The van der Waals surface area contributed by atoms with Crippen molar-refractivity contribution in [3.63, 3.8) is 0 Å². The zero-order chi connectivity index (χ0) is 19.2. The second kappa shape index (κ2) is 9.22. The molecule has 2 N–H and O–H groups in total. The Morgan fingerprint density at radius 1 is 1.07 bits per heavy atom. The van der Waals surface area contributed by atoms with Crippen LogP contribution in [0.4, 0.5) is 0 Å². The van der Waals surface area contributed by atoms with Crippen LogP contribution in [0, 0.1) is 0 Å². The average Bonchev–Trinajstić information content (AvgIpc) is 3.54. The summed E-state index contributed by atoms with van der Waals surface area (Å²) in [4.78, 5) is 14.6. The highest BCUT2D eigenvalue weighted by Crippen LogP contribution is 2.19. The quantitative estimate of drug-likeness (QED) is 0.739. The molecular weight excluding hydrogens is 350 g/mol. The van der Waals surface area contributed by atoms with Crippen molar-refractivity contribution in [2.75, 3.05) is 26.2 Å². The molecule has 0 unspecified atom stereocenters. The monoisotopic (exact) mass is 379 g/mol. The molecule has 0 bridgehead atoms. The molecule has 1 atom stereocenters. The third-order valence-corrected chi connectivity index (χ3v) is 5.33. The van der Waals surface area contributed by atoms with Crippen molar-refractivity contribution >= 4 is 5.91 Å². The fraction of sp³-hybridized carbons (Fsp3) is 0.435. The number of rotatable bonds is 8. The average molecular weight is 380 g/mol. The Labute approximate surface area is 167 Å². The zero-order valence-electron chi connectivity index (χ0n) is 16.3. The van der Waals surface area contributed by atoms with Gasteiger partial charge in [-0.2, -0.15) is 0 Å². The van der Waals surface area contributed by atoms with Gasteiger partial charge >= 0.3 is 0 Å². The van der Waals surface area contributed by atoms with Crippen LogP contribution in [-0.2, 0) is 17.8 Å². The Hall–Kier alpha value is -2.37. The number of hydrogen-bond donors (Lipinski definition) is 2. The predicted octanol–water partition coefficient (Wildman–Crippen LogP) is 2.36. The molecule has 5 nitrogen and oxygen atoms in total.